The molecule has 2 heterocycles. The van der Waals surface area contributed by atoms with Crippen LogP contribution >= 0.6 is 35.6 Å². The first-order valence-electron chi connectivity index (χ1n) is 9.20. The topological polar surface area (TPSA) is 60.7 Å². The van der Waals surface area contributed by atoms with Crippen molar-refractivity contribution in [2.75, 3.05) is 45.2 Å². The van der Waals surface area contributed by atoms with Gasteiger partial charge in [-0.3, -0.25) is 9.67 Å². The molecule has 0 saturated carbocycles. The van der Waals surface area contributed by atoms with E-state index >= 15 is 0 Å². The smallest absolute Gasteiger partial charge is 0.191 e. The average molecular weight is 518 g/mol. The summed E-state index contributed by atoms with van der Waals surface area (Å²) in [6, 6.07) is 8.11. The first kappa shape index (κ1) is 22.8. The molecule has 3 rings (SSSR count). The van der Waals surface area contributed by atoms with Gasteiger partial charge in [0.05, 0.1) is 12.2 Å². The molecule has 154 valence electrons. The summed E-state index contributed by atoms with van der Waals surface area (Å²) in [7, 11) is 5.86. The Morgan fingerprint density at radius 2 is 1.82 bits per heavy atom. The van der Waals surface area contributed by atoms with Crippen LogP contribution in [0.15, 0.2) is 35.5 Å². The summed E-state index contributed by atoms with van der Waals surface area (Å²) in [4.78, 5) is 9.08. The number of nitrogens with zero attached hydrogens (tertiary/aromatic N) is 5. The molecule has 0 radical (unpaired) electrons. The first-order valence-corrected chi connectivity index (χ1v) is 9.58. The predicted octanol–water partition coefficient (Wildman–Crippen LogP) is 2.31. The fourth-order valence-corrected chi connectivity index (χ4v) is 3.44. The molecule has 28 heavy (non-hydrogen) atoms. The van der Waals surface area contributed by atoms with E-state index in [1.165, 1.54) is 5.69 Å². The van der Waals surface area contributed by atoms with Crippen LogP contribution in [0.3, 0.4) is 0 Å². The second kappa shape index (κ2) is 10.9. The normalized spacial score (nSPS) is 15.3. The molecule has 0 aliphatic carbocycles. The molecule has 1 aromatic carbocycles. The number of halogens is 2. The number of guanidine groups is 1. The zero-order valence-electron chi connectivity index (χ0n) is 16.7. The van der Waals surface area contributed by atoms with Crippen LogP contribution in [0.25, 0.3) is 0 Å². The Labute approximate surface area is 189 Å². The lowest BCUT2D eigenvalue weighted by molar-refractivity contribution is 0.312. The molecule has 0 atom stereocenters. The van der Waals surface area contributed by atoms with Gasteiger partial charge in [-0.1, -0.05) is 17.7 Å². The molecule has 1 aromatic heterocycles. The van der Waals surface area contributed by atoms with E-state index in [1.54, 1.807) is 13.2 Å². The number of piperazine rings is 1. The van der Waals surface area contributed by atoms with Gasteiger partial charge in [-0.15, -0.1) is 24.0 Å². The third kappa shape index (κ3) is 5.74. The molecule has 7 nitrogen and oxygen atoms in total. The van der Waals surface area contributed by atoms with Crippen LogP contribution in [0.2, 0.25) is 5.02 Å². The quantitative estimate of drug-likeness (QED) is 0.362. The van der Waals surface area contributed by atoms with Crippen molar-refractivity contribution < 1.29 is 0 Å². The van der Waals surface area contributed by atoms with Crippen LogP contribution < -0.4 is 15.5 Å². The Bertz CT molecular complexity index is 784. The second-order valence-electron chi connectivity index (χ2n) is 6.75. The Kier molecular flexibility index (Phi) is 8.84. The van der Waals surface area contributed by atoms with Gasteiger partial charge in [-0.05, 0) is 25.2 Å². The van der Waals surface area contributed by atoms with Crippen molar-refractivity contribution in [2.24, 2.45) is 12.0 Å². The highest BCUT2D eigenvalue weighted by Gasteiger charge is 2.18. The first-order chi connectivity index (χ1) is 13.1. The third-order valence-electron chi connectivity index (χ3n) is 4.95. The number of hydrogen-bond donors (Lipinski definition) is 2. The molecule has 1 fully saturated rings. The van der Waals surface area contributed by atoms with E-state index in [0.29, 0.717) is 13.1 Å². The van der Waals surface area contributed by atoms with E-state index in [-0.39, 0.29) is 24.0 Å². The standard InChI is InChI=1S/C19H28ClN7.HI/c1-21-19(22-13-15-7-8-24-26(15)3)23-14-16-17(20)5-4-6-18(16)27-11-9-25(2)10-12-27;/h4-8H,9-14H2,1-3H3,(H2,21,22,23);1H. The van der Waals surface area contributed by atoms with Gasteiger partial charge < -0.3 is 20.4 Å². The summed E-state index contributed by atoms with van der Waals surface area (Å²) >= 11 is 6.53. The van der Waals surface area contributed by atoms with Crippen LogP contribution in [0.1, 0.15) is 11.3 Å². The molecule has 1 aliphatic rings. The van der Waals surface area contributed by atoms with E-state index in [1.807, 2.05) is 29.9 Å². The summed E-state index contributed by atoms with van der Waals surface area (Å²) in [5.74, 6) is 0.737. The molecular weight excluding hydrogens is 489 g/mol. The van der Waals surface area contributed by atoms with E-state index < -0.39 is 0 Å². The summed E-state index contributed by atoms with van der Waals surface area (Å²) < 4.78 is 1.85. The zero-order valence-corrected chi connectivity index (χ0v) is 19.7. The lowest BCUT2D eigenvalue weighted by Gasteiger charge is -2.35. The minimum atomic E-state index is 0. The van der Waals surface area contributed by atoms with Gasteiger partial charge in [0.1, 0.15) is 0 Å². The monoisotopic (exact) mass is 517 g/mol. The van der Waals surface area contributed by atoms with Crippen molar-refractivity contribution in [3.05, 3.63) is 46.7 Å². The minimum Gasteiger partial charge on any atom is -0.369 e. The van der Waals surface area contributed by atoms with E-state index in [9.17, 15) is 0 Å². The molecule has 0 spiro atoms. The largest absolute Gasteiger partial charge is 0.369 e. The number of aliphatic imine (C=N–C) groups is 1. The number of rotatable bonds is 5. The fourth-order valence-electron chi connectivity index (χ4n) is 3.21. The van der Waals surface area contributed by atoms with Crippen LogP contribution in [0.5, 0.6) is 0 Å². The Morgan fingerprint density at radius 3 is 2.46 bits per heavy atom. The van der Waals surface area contributed by atoms with E-state index in [4.69, 9.17) is 11.6 Å². The van der Waals surface area contributed by atoms with Crippen molar-refractivity contribution in [1.29, 1.82) is 0 Å². The molecule has 2 N–H and O–H groups in total. The van der Waals surface area contributed by atoms with E-state index in [2.05, 4.69) is 43.6 Å². The number of nitrogens with one attached hydrogen (secondary N) is 2. The lowest BCUT2D eigenvalue weighted by atomic mass is 10.1. The summed E-state index contributed by atoms with van der Waals surface area (Å²) in [6.45, 7) is 5.42. The summed E-state index contributed by atoms with van der Waals surface area (Å²) in [5, 5.41) is 11.7. The number of aromatic nitrogens is 2. The molecule has 0 amide bonds. The summed E-state index contributed by atoms with van der Waals surface area (Å²) in [6.07, 6.45) is 1.79. The van der Waals surface area contributed by atoms with Crippen molar-refractivity contribution in [2.45, 2.75) is 13.1 Å². The Morgan fingerprint density at radius 1 is 1.11 bits per heavy atom. The lowest BCUT2D eigenvalue weighted by Crippen LogP contribution is -2.45. The number of hydrogen-bond acceptors (Lipinski definition) is 4. The van der Waals surface area contributed by atoms with Gasteiger partial charge in [-0.25, -0.2) is 0 Å². The van der Waals surface area contributed by atoms with Gasteiger partial charge in [0.15, 0.2) is 5.96 Å². The van der Waals surface area contributed by atoms with Crippen molar-refractivity contribution in [1.82, 2.24) is 25.3 Å². The average Bonchev–Trinajstić information content (AvgIpc) is 3.08. The highest BCUT2D eigenvalue weighted by Crippen LogP contribution is 2.28. The molecule has 9 heteroatoms. The Hall–Kier alpha value is -1.52. The van der Waals surface area contributed by atoms with Crippen LogP contribution in [-0.4, -0.2) is 60.9 Å². The van der Waals surface area contributed by atoms with Gasteiger partial charge in [0.2, 0.25) is 0 Å². The van der Waals surface area contributed by atoms with Crippen LogP contribution in [0, 0.1) is 0 Å². The molecule has 1 aliphatic heterocycles. The number of aryl methyl sites for hydroxylation is 1. The number of anilines is 1. The maximum absolute atomic E-state index is 6.53. The highest BCUT2D eigenvalue weighted by molar-refractivity contribution is 14.0. The van der Waals surface area contributed by atoms with Crippen molar-refractivity contribution >= 4 is 47.2 Å². The van der Waals surface area contributed by atoms with Gasteiger partial charge in [0, 0.05) is 69.3 Å². The van der Waals surface area contributed by atoms with Crippen LogP contribution in [0.4, 0.5) is 5.69 Å². The maximum Gasteiger partial charge on any atom is 0.191 e. The maximum atomic E-state index is 6.53. The van der Waals surface area contributed by atoms with Gasteiger partial charge in [0.25, 0.3) is 0 Å². The number of likely N-dealkylation sites (N-methyl/N-ethyl adjacent to an activating group) is 1. The third-order valence-corrected chi connectivity index (χ3v) is 5.31. The molecule has 2 aromatic rings. The molecular formula is C19H29ClIN7. The predicted molar refractivity (Wildman–Crippen MR) is 127 cm³/mol. The molecule has 0 unspecified atom stereocenters. The second-order valence-corrected chi connectivity index (χ2v) is 7.16. The minimum absolute atomic E-state index is 0. The molecule has 0 bridgehead atoms. The van der Waals surface area contributed by atoms with Gasteiger partial charge in [-0.2, -0.15) is 5.10 Å². The summed E-state index contributed by atoms with van der Waals surface area (Å²) in [5.41, 5.74) is 3.39. The van der Waals surface area contributed by atoms with Crippen molar-refractivity contribution in [3.8, 4) is 0 Å². The fraction of sp³-hybridized carbons (Fsp3) is 0.474. The SMILES string of the molecule is CN=C(NCc1c(Cl)cccc1N1CCN(C)CC1)NCc1ccnn1C.I. The van der Waals surface area contributed by atoms with Gasteiger partial charge >= 0.3 is 0 Å². The van der Waals surface area contributed by atoms with Crippen molar-refractivity contribution in [3.63, 3.8) is 0 Å². The number of benzene rings is 1. The molecule has 1 saturated heterocycles. The Balaban J connectivity index is 0.00000280. The zero-order chi connectivity index (χ0) is 19.2. The van der Waals surface area contributed by atoms with E-state index in [0.717, 1.165) is 48.4 Å². The highest BCUT2D eigenvalue weighted by atomic mass is 127. The van der Waals surface area contributed by atoms with Crippen LogP contribution in [-0.2, 0) is 20.1 Å².